The van der Waals surface area contributed by atoms with Crippen LogP contribution in [0.3, 0.4) is 0 Å². The Hall–Kier alpha value is -1.14. The van der Waals surface area contributed by atoms with E-state index in [1.54, 1.807) is 27.7 Å². The van der Waals surface area contributed by atoms with E-state index in [9.17, 15) is 9.59 Å². The number of rotatable bonds is 7. The van der Waals surface area contributed by atoms with Crippen LogP contribution in [-0.2, 0) is 19.1 Å². The number of thioether (sulfide) groups is 2. The Balaban J connectivity index is 2.38. The van der Waals surface area contributed by atoms with Crippen LogP contribution in [0.25, 0.3) is 0 Å². The molecule has 1 fully saturated rings. The van der Waals surface area contributed by atoms with Gasteiger partial charge in [-0.3, -0.25) is 9.59 Å². The molecule has 1 aliphatic carbocycles. The van der Waals surface area contributed by atoms with E-state index in [2.05, 4.69) is 6.08 Å². The molecule has 1 unspecified atom stereocenters. The average Bonchev–Trinajstić information content (AvgIpc) is 3.17. The molecule has 4 nitrogen and oxygen atoms in total. The Bertz CT molecular complexity index is 591. The van der Waals surface area contributed by atoms with Crippen molar-refractivity contribution in [1.82, 2.24) is 0 Å². The van der Waals surface area contributed by atoms with Crippen LogP contribution in [0.2, 0.25) is 0 Å². The van der Waals surface area contributed by atoms with Crippen LogP contribution in [0.4, 0.5) is 0 Å². The first kappa shape index (κ1) is 21.2. The van der Waals surface area contributed by atoms with Gasteiger partial charge in [0.1, 0.15) is 0 Å². The van der Waals surface area contributed by atoms with Gasteiger partial charge in [0.05, 0.1) is 16.8 Å². The van der Waals surface area contributed by atoms with E-state index >= 15 is 0 Å². The second kappa shape index (κ2) is 9.70. The van der Waals surface area contributed by atoms with Crippen LogP contribution in [0.1, 0.15) is 34.6 Å². The Morgan fingerprint density at radius 1 is 1.04 bits per heavy atom. The standard InChI is InChI=1S/C20H28O4S2/c1-6-7-14-8-9-15(20-25-10-11-26-20)16(14)17(18(21)23-12(2)3)19(22)24-13(4)5/h6-9,12-13,16-17,20H,10-11H2,1-5H3/b7-6-. The van der Waals surface area contributed by atoms with Gasteiger partial charge in [-0.25, -0.2) is 0 Å². The lowest BCUT2D eigenvalue weighted by molar-refractivity contribution is -0.167. The highest BCUT2D eigenvalue weighted by molar-refractivity contribution is 8.20. The van der Waals surface area contributed by atoms with Crippen molar-refractivity contribution in [3.8, 4) is 0 Å². The minimum atomic E-state index is -0.974. The molecule has 0 N–H and O–H groups in total. The van der Waals surface area contributed by atoms with Crippen molar-refractivity contribution in [3.63, 3.8) is 0 Å². The van der Waals surface area contributed by atoms with Gasteiger partial charge < -0.3 is 9.47 Å². The summed E-state index contributed by atoms with van der Waals surface area (Å²) < 4.78 is 11.1. The third-order valence-corrected chi connectivity index (χ3v) is 7.09. The maximum Gasteiger partial charge on any atom is 0.321 e. The maximum atomic E-state index is 12.9. The average molecular weight is 397 g/mol. The molecule has 2 rings (SSSR count). The van der Waals surface area contributed by atoms with Crippen molar-refractivity contribution in [1.29, 1.82) is 0 Å². The summed E-state index contributed by atoms with van der Waals surface area (Å²) >= 11 is 3.73. The summed E-state index contributed by atoms with van der Waals surface area (Å²) in [7, 11) is 0. The van der Waals surface area contributed by atoms with E-state index in [0.717, 1.165) is 22.7 Å². The smallest absolute Gasteiger partial charge is 0.321 e. The summed E-state index contributed by atoms with van der Waals surface area (Å²) in [6.45, 7) is 9.10. The fraction of sp³-hybridized carbons (Fsp3) is 0.600. The Kier molecular flexibility index (Phi) is 7.89. The first-order chi connectivity index (χ1) is 12.3. The maximum absolute atomic E-state index is 12.9. The SMILES string of the molecule is C/C=C\C1=CC=C(C2SCCS2)C1C(C(=O)OC(C)C)C(=O)OC(C)C. The number of hydrogen-bond donors (Lipinski definition) is 0. The minimum absolute atomic E-state index is 0.264. The molecule has 1 heterocycles. The number of ether oxygens (including phenoxy) is 2. The lowest BCUT2D eigenvalue weighted by atomic mass is 9.83. The molecule has 2 aliphatic rings. The molecule has 1 aliphatic heterocycles. The van der Waals surface area contributed by atoms with Crippen LogP contribution in [0, 0.1) is 11.8 Å². The Labute approximate surface area is 164 Å². The highest BCUT2D eigenvalue weighted by atomic mass is 32.2. The van der Waals surface area contributed by atoms with Crippen molar-refractivity contribution in [3.05, 3.63) is 35.5 Å². The van der Waals surface area contributed by atoms with Gasteiger partial charge in [0.15, 0.2) is 5.92 Å². The molecule has 0 spiro atoms. The monoisotopic (exact) mass is 396 g/mol. The first-order valence-corrected chi connectivity index (χ1v) is 11.1. The van der Waals surface area contributed by atoms with Crippen LogP contribution >= 0.6 is 23.5 Å². The second-order valence-corrected chi connectivity index (χ2v) is 9.56. The topological polar surface area (TPSA) is 52.6 Å². The van der Waals surface area contributed by atoms with Gasteiger partial charge in [0.25, 0.3) is 0 Å². The molecule has 0 radical (unpaired) electrons. The van der Waals surface area contributed by atoms with Gasteiger partial charge in [0, 0.05) is 17.4 Å². The van der Waals surface area contributed by atoms with E-state index in [0.29, 0.717) is 0 Å². The molecule has 0 saturated carbocycles. The Morgan fingerprint density at radius 2 is 1.58 bits per heavy atom. The van der Waals surface area contributed by atoms with Crippen molar-refractivity contribution >= 4 is 35.5 Å². The van der Waals surface area contributed by atoms with Gasteiger partial charge >= 0.3 is 11.9 Å². The predicted molar refractivity (Wildman–Crippen MR) is 109 cm³/mol. The highest BCUT2D eigenvalue weighted by Gasteiger charge is 2.45. The minimum Gasteiger partial charge on any atom is -0.462 e. The summed E-state index contributed by atoms with van der Waals surface area (Å²) in [5.41, 5.74) is 2.07. The van der Waals surface area contributed by atoms with Crippen molar-refractivity contribution in [2.75, 3.05) is 11.5 Å². The van der Waals surface area contributed by atoms with Crippen LogP contribution in [0.5, 0.6) is 0 Å². The molecule has 0 aromatic carbocycles. The van der Waals surface area contributed by atoms with Gasteiger partial charge in [0.2, 0.25) is 0 Å². The first-order valence-electron chi connectivity index (χ1n) is 9.03. The normalized spacial score (nSPS) is 21.0. The van der Waals surface area contributed by atoms with Crippen LogP contribution in [0.15, 0.2) is 35.5 Å². The molecule has 0 aromatic heterocycles. The fourth-order valence-electron chi connectivity index (χ4n) is 3.08. The largest absolute Gasteiger partial charge is 0.462 e. The number of allylic oxidation sites excluding steroid dienone is 5. The molecule has 6 heteroatoms. The quantitative estimate of drug-likeness (QED) is 0.470. The van der Waals surface area contributed by atoms with Crippen molar-refractivity contribution < 1.29 is 19.1 Å². The van der Waals surface area contributed by atoms with Crippen LogP contribution in [-0.4, -0.2) is 40.2 Å². The van der Waals surface area contributed by atoms with Gasteiger partial charge in [-0.1, -0.05) is 24.3 Å². The number of carbonyl (C=O) groups is 2. The zero-order chi connectivity index (χ0) is 19.3. The molecule has 26 heavy (non-hydrogen) atoms. The molecule has 1 atom stereocenters. The molecule has 0 aromatic rings. The molecule has 0 bridgehead atoms. The van der Waals surface area contributed by atoms with Gasteiger partial charge in [-0.05, 0) is 45.8 Å². The predicted octanol–water partition coefficient (Wildman–Crippen LogP) is 4.37. The van der Waals surface area contributed by atoms with E-state index in [1.807, 2.05) is 48.7 Å². The summed E-state index contributed by atoms with van der Waals surface area (Å²) in [4.78, 5) is 25.7. The zero-order valence-electron chi connectivity index (χ0n) is 16.1. The lowest BCUT2D eigenvalue weighted by Crippen LogP contribution is -2.38. The van der Waals surface area contributed by atoms with Crippen LogP contribution < -0.4 is 0 Å². The molecular weight excluding hydrogens is 368 g/mol. The lowest BCUT2D eigenvalue weighted by Gasteiger charge is -2.28. The zero-order valence-corrected chi connectivity index (χ0v) is 17.7. The molecule has 1 saturated heterocycles. The number of carbonyl (C=O) groups excluding carboxylic acids is 2. The van der Waals surface area contributed by atoms with E-state index < -0.39 is 17.9 Å². The molecular formula is C20H28O4S2. The number of hydrogen-bond acceptors (Lipinski definition) is 6. The summed E-state index contributed by atoms with van der Waals surface area (Å²) in [6.07, 6.45) is 7.41. The summed E-state index contributed by atoms with van der Waals surface area (Å²) in [5.74, 6) is -0.158. The second-order valence-electron chi connectivity index (χ2n) is 6.83. The molecule has 0 amide bonds. The number of esters is 2. The van der Waals surface area contributed by atoms with Gasteiger partial charge in [-0.2, -0.15) is 0 Å². The summed E-state index contributed by atoms with van der Waals surface area (Å²) in [5, 5.41) is 0. The van der Waals surface area contributed by atoms with Crippen molar-refractivity contribution in [2.45, 2.75) is 51.4 Å². The van der Waals surface area contributed by atoms with E-state index in [4.69, 9.17) is 9.47 Å². The van der Waals surface area contributed by atoms with Crippen molar-refractivity contribution in [2.24, 2.45) is 11.8 Å². The Morgan fingerprint density at radius 3 is 2.04 bits per heavy atom. The summed E-state index contributed by atoms with van der Waals surface area (Å²) in [6, 6.07) is 0. The third kappa shape index (κ3) is 5.19. The molecule has 144 valence electrons. The fourth-order valence-corrected chi connectivity index (χ4v) is 6.08. The van der Waals surface area contributed by atoms with E-state index in [1.165, 1.54) is 0 Å². The van der Waals surface area contributed by atoms with E-state index in [-0.39, 0.29) is 22.7 Å². The third-order valence-electron chi connectivity index (χ3n) is 3.98. The van der Waals surface area contributed by atoms with Gasteiger partial charge in [-0.15, -0.1) is 23.5 Å². The highest BCUT2D eigenvalue weighted by Crippen LogP contribution is 2.47.